The van der Waals surface area contributed by atoms with E-state index in [1.54, 1.807) is 34.6 Å². The minimum atomic E-state index is -4.82. The molecule has 0 radical (unpaired) electrons. The average Bonchev–Trinajstić information content (AvgIpc) is 1.23. The minimum Gasteiger partial charge on any atom is -0.396 e. The highest BCUT2D eigenvalue weighted by Crippen LogP contribution is 2.68. The Morgan fingerprint density at radius 1 is 0.488 bits per heavy atom. The Morgan fingerprint density at radius 2 is 0.833 bits per heavy atom. The summed E-state index contributed by atoms with van der Waals surface area (Å²) in [7, 11) is 0. The van der Waals surface area contributed by atoms with Crippen molar-refractivity contribution in [1.29, 1.82) is 0 Å². The van der Waals surface area contributed by atoms with Crippen LogP contribution in [0.4, 0.5) is 39.5 Å². The van der Waals surface area contributed by atoms with Crippen molar-refractivity contribution in [1.82, 2.24) is 0 Å². The third-order valence-corrected chi connectivity index (χ3v) is 23.0. The lowest BCUT2D eigenvalue weighted by Gasteiger charge is -2.62. The van der Waals surface area contributed by atoms with Crippen LogP contribution in [-0.2, 0) is 67.2 Å². The van der Waals surface area contributed by atoms with Crippen LogP contribution in [-0.4, -0.2) is 130 Å². The Labute approximate surface area is 507 Å². The summed E-state index contributed by atoms with van der Waals surface area (Å²) in [5.41, 5.74) is 5.27. The number of aliphatic hydroxyl groups is 1. The molecule has 3 saturated carbocycles. The highest BCUT2D eigenvalue weighted by molar-refractivity contribution is 9.10. The summed E-state index contributed by atoms with van der Waals surface area (Å²) >= 11 is 9.02. The topological polar surface area (TPSA) is 198 Å². The molecule has 0 aromatic carbocycles. The number of rotatable bonds is 8. The molecule has 3 spiro atoms. The number of alkyl halides is 12. The Hall–Kier alpha value is -0.480. The zero-order valence-electron chi connectivity index (χ0n) is 48.4. The minimum absolute atomic E-state index is 0.00966. The number of halogens is 12. The molecule has 30 heteroatoms. The van der Waals surface area contributed by atoms with Gasteiger partial charge in [0, 0.05) is 76.9 Å². The first-order valence-electron chi connectivity index (χ1n) is 29.2. The van der Waals surface area contributed by atoms with Crippen LogP contribution < -0.4 is 0 Å². The predicted molar refractivity (Wildman–Crippen MR) is 285 cm³/mol. The van der Waals surface area contributed by atoms with Gasteiger partial charge in [-0.3, -0.25) is 0 Å². The van der Waals surface area contributed by atoms with Crippen LogP contribution in [0, 0.1) is 71.0 Å². The van der Waals surface area contributed by atoms with Crippen LogP contribution >= 0.6 is 47.8 Å². The third-order valence-electron chi connectivity index (χ3n) is 21.0. The second-order valence-corrected chi connectivity index (χ2v) is 28.4. The van der Waals surface area contributed by atoms with E-state index in [9.17, 15) is 39.5 Å². The molecule has 3 unspecified atom stereocenters. The summed E-state index contributed by atoms with van der Waals surface area (Å²) in [5, 5.41) is 12.1. The van der Waals surface area contributed by atoms with E-state index in [-0.39, 0.29) is 60.6 Å². The monoisotopic (exact) mass is 1420 g/mol. The van der Waals surface area contributed by atoms with Gasteiger partial charge in [0.25, 0.3) is 11.6 Å². The maximum atomic E-state index is 14.4. The lowest BCUT2D eigenvalue weighted by atomic mass is 9.57. The Bertz CT molecular complexity index is 2380. The molecule has 24 atom stereocenters. The molecule has 15 fully saturated rings. The van der Waals surface area contributed by atoms with Gasteiger partial charge in [0.05, 0.1) is 19.8 Å². The normalized spacial score (nSPS) is 50.5. The summed E-state index contributed by atoms with van der Waals surface area (Å²) in [6.45, 7) is 15.4. The molecule has 1 N–H and O–H groups in total. The van der Waals surface area contributed by atoms with Crippen molar-refractivity contribution in [2.75, 3.05) is 37.0 Å². The molecule has 84 heavy (non-hydrogen) atoms. The van der Waals surface area contributed by atoms with Crippen LogP contribution in [0.15, 0.2) is 5.11 Å². The summed E-state index contributed by atoms with van der Waals surface area (Å²) in [5.74, 6) is -12.3. The summed E-state index contributed by atoms with van der Waals surface area (Å²) in [4.78, 5) is 37.0. The van der Waals surface area contributed by atoms with Crippen molar-refractivity contribution < 1.29 is 112 Å². The Morgan fingerprint density at radius 3 is 1.15 bits per heavy atom. The van der Waals surface area contributed by atoms with E-state index in [1.807, 2.05) is 0 Å². The fourth-order valence-electron chi connectivity index (χ4n) is 16.7. The average molecular weight is 1420 g/mol. The first kappa shape index (κ1) is 67.9. The van der Waals surface area contributed by atoms with Crippen LogP contribution in [0.2, 0.25) is 0 Å². The Balaban J connectivity index is 0.000000147. The largest absolute Gasteiger partial charge is 0.443 e. The van der Waals surface area contributed by atoms with E-state index in [0.717, 1.165) is 38.5 Å². The zero-order valence-corrected chi connectivity index (χ0v) is 53.2. The van der Waals surface area contributed by atoms with E-state index in [4.69, 9.17) is 77.9 Å². The molecule has 12 heterocycles. The van der Waals surface area contributed by atoms with E-state index in [1.165, 1.54) is 6.92 Å². The lowest BCUT2D eigenvalue weighted by molar-refractivity contribution is -0.598. The van der Waals surface area contributed by atoms with Gasteiger partial charge in [-0.25, -0.2) is 29.3 Å². The van der Waals surface area contributed by atoms with Gasteiger partial charge in [0.1, 0.15) is 0 Å². The van der Waals surface area contributed by atoms with Crippen LogP contribution in [0.3, 0.4) is 0 Å². The van der Waals surface area contributed by atoms with Gasteiger partial charge >= 0.3 is 18.5 Å². The van der Waals surface area contributed by atoms with Crippen molar-refractivity contribution in [3.63, 3.8) is 0 Å². The molecule has 0 amide bonds. The van der Waals surface area contributed by atoms with Crippen molar-refractivity contribution in [2.45, 2.75) is 227 Å². The van der Waals surface area contributed by atoms with Gasteiger partial charge in [-0.1, -0.05) is 78.5 Å². The maximum Gasteiger partial charge on any atom is 0.443 e. The quantitative estimate of drug-likeness (QED) is 0.0458. The van der Waals surface area contributed by atoms with Crippen LogP contribution in [0.5, 0.6) is 0 Å². The van der Waals surface area contributed by atoms with Crippen molar-refractivity contribution in [3.05, 3.63) is 10.4 Å². The van der Waals surface area contributed by atoms with Crippen molar-refractivity contribution >= 4 is 47.8 Å². The molecular formula is C54H79Br3F9N3O15. The van der Waals surface area contributed by atoms with Crippen LogP contribution in [0.25, 0.3) is 10.4 Å². The number of ether oxygens (including phenoxy) is 8. The first-order chi connectivity index (χ1) is 39.1. The molecule has 12 aliphatic heterocycles. The molecule has 15 rings (SSSR count). The number of aliphatic hydroxyl groups excluding tert-OH is 1. The number of nitrogens with zero attached hydrogens (tertiary/aromatic N) is 3. The molecule has 3 aliphatic carbocycles. The van der Waals surface area contributed by atoms with Crippen molar-refractivity contribution in [2.24, 2.45) is 76.1 Å². The molecule has 6 bridgehead atoms. The number of hydrogen-bond acceptors (Lipinski definition) is 16. The van der Waals surface area contributed by atoms with Gasteiger partial charge in [0.15, 0.2) is 35.7 Å². The van der Waals surface area contributed by atoms with Gasteiger partial charge in [-0.05, 0) is 136 Å². The zero-order chi connectivity index (χ0) is 61.7. The molecular weight excluding hydrogens is 1340 g/mol. The van der Waals surface area contributed by atoms with E-state index in [2.05, 4.69) is 78.6 Å². The smallest absolute Gasteiger partial charge is 0.396 e. The second kappa shape index (κ2) is 24.2. The Kier molecular flexibility index (Phi) is 19.6. The highest BCUT2D eigenvalue weighted by Gasteiger charge is 2.80. The maximum absolute atomic E-state index is 14.4. The highest BCUT2D eigenvalue weighted by atomic mass is 79.9. The molecule has 12 saturated heterocycles. The van der Waals surface area contributed by atoms with E-state index in [0.29, 0.717) is 49.8 Å². The molecule has 18 nitrogen and oxygen atoms in total. The molecule has 0 aromatic rings. The SMILES string of the molecule is C[C@@H]1CC[C@H]2[C@@H](C)[C@](Br)(C(F)(F)F)O[C@@H]3O[C@@]4(C)CCC1[C@]32OO4.C[C@@H]1CC[C@H]2[C@@H](C)[C@](OCCBr)(C(F)(F)F)O[C@@H]3O[C@]4(C)CCC1[C@]32OO4.C[C@@H]1CC[C@H]2[C@@H](C)[C@](OCCN=[N+]=[N-])(C(F)(F)F)O[C@@H]3O[C@]4(C)CCC1[C@]32OO4.OCCBr. The molecule has 15 aliphatic rings. The lowest BCUT2D eigenvalue weighted by Crippen LogP contribution is -2.76. The third kappa shape index (κ3) is 11.0. The number of azide groups is 1. The van der Waals surface area contributed by atoms with Crippen molar-refractivity contribution in [3.8, 4) is 0 Å². The van der Waals surface area contributed by atoms with E-state index >= 15 is 0 Å². The molecule has 484 valence electrons. The number of fused-ring (bicyclic) bond motifs is 6. The fraction of sp³-hybridized carbons (Fsp3) is 1.00. The summed E-state index contributed by atoms with van der Waals surface area (Å²) in [6, 6.07) is 0. The summed E-state index contributed by atoms with van der Waals surface area (Å²) in [6.07, 6.45) is -9.54. The predicted octanol–water partition coefficient (Wildman–Crippen LogP) is 13.9. The van der Waals surface area contributed by atoms with Crippen LogP contribution in [0.1, 0.15) is 139 Å². The van der Waals surface area contributed by atoms with Gasteiger partial charge in [-0.15, -0.1) is 0 Å². The number of hydrogen-bond donors (Lipinski definition) is 1. The summed E-state index contributed by atoms with van der Waals surface area (Å²) < 4.78 is 170. The van der Waals surface area contributed by atoms with E-state index < -0.39 is 124 Å². The fourth-order valence-corrected chi connectivity index (χ4v) is 17.3. The second-order valence-electron chi connectivity index (χ2n) is 25.7. The first-order valence-corrected chi connectivity index (χ1v) is 32.3. The van der Waals surface area contributed by atoms with Gasteiger partial charge < -0.3 is 43.0 Å². The van der Waals surface area contributed by atoms with Gasteiger partial charge in [-0.2, -0.15) is 39.5 Å². The van der Waals surface area contributed by atoms with Gasteiger partial charge in [0.2, 0.25) is 21.9 Å². The molecule has 0 aromatic heterocycles. The standard InChI is InChI=1S/C18H26BrF3O5.C18H26F3N3O5.C16H22BrF3O4.C2H5BrO/c1-10-4-5-13-11(2)17(18(20,21)22,23-9-8-19)25-14-16(13)12(10)6-7-15(3,24-14)26-27-16;1-10-4-5-13-11(2)17(18(19,20)21,25-9-8-23-24-22)27-14-16(13)12(10)6-7-15(3,26-14)28-29-16;1-8-4-5-11-9(2)15(17,16(18,19)20)22-12-14(11)10(8)6-7-13(3,21-12)23-24-14;3-1-2-4/h10-14H,4-9H2,1-3H3;10-14H,4-9H2,1-3H3;8-12H,4-7H2,1-3H3;4H,1-2H2/t2*10-,11-,12?,13+,14+,15+,16-,17-;8-,9-,10?,11+,12+,13-,14-,15-;/m111./s1.